The molecular weight excluding hydrogens is 606 g/mol. The van der Waals surface area contributed by atoms with Gasteiger partial charge in [-0.15, -0.1) is 13.2 Å². The van der Waals surface area contributed by atoms with Crippen LogP contribution in [0.5, 0.6) is 5.75 Å². The molecule has 10 heteroatoms. The van der Waals surface area contributed by atoms with Gasteiger partial charge in [-0.3, -0.25) is 14.4 Å². The average Bonchev–Trinajstić information content (AvgIpc) is 3.61. The SMILES string of the molecule is C=CCN(C(=O)[C@H]1[C@H]2C(=O)N([C@@H](CC)CO)C(C(=O)N(CC=C)c3c(C)cccc3Cl)C23CC[C@]1(C)O3)c1ccc(OCC)cc1. The summed E-state index contributed by atoms with van der Waals surface area (Å²) in [7, 11) is 0. The lowest BCUT2D eigenvalue weighted by Crippen LogP contribution is -2.59. The molecule has 246 valence electrons. The molecule has 1 spiro atoms. The van der Waals surface area contributed by atoms with Crippen LogP contribution in [0.2, 0.25) is 5.02 Å². The van der Waals surface area contributed by atoms with E-state index >= 15 is 0 Å². The topological polar surface area (TPSA) is 99.6 Å². The molecule has 0 aliphatic carbocycles. The number of hydrogen-bond acceptors (Lipinski definition) is 6. The molecule has 3 aliphatic heterocycles. The number of aliphatic hydroxyl groups excluding tert-OH is 1. The van der Waals surface area contributed by atoms with Crippen LogP contribution in [-0.2, 0) is 19.1 Å². The number of rotatable bonds is 13. The molecule has 3 amide bonds. The van der Waals surface area contributed by atoms with E-state index in [4.69, 9.17) is 21.1 Å². The van der Waals surface area contributed by atoms with E-state index in [1.165, 1.54) is 4.90 Å². The molecule has 2 unspecified atom stereocenters. The van der Waals surface area contributed by atoms with Gasteiger partial charge in [0.2, 0.25) is 11.8 Å². The lowest BCUT2D eigenvalue weighted by atomic mass is 9.66. The molecule has 1 N–H and O–H groups in total. The average molecular weight is 650 g/mol. The Morgan fingerprint density at radius 3 is 2.37 bits per heavy atom. The summed E-state index contributed by atoms with van der Waals surface area (Å²) in [4.78, 5) is 49.0. The van der Waals surface area contributed by atoms with Crippen LogP contribution in [0.1, 0.15) is 45.6 Å². The first kappa shape index (κ1) is 33.7. The van der Waals surface area contributed by atoms with Crippen molar-refractivity contribution in [2.75, 3.05) is 36.1 Å². The Bertz CT molecular complexity index is 1490. The monoisotopic (exact) mass is 649 g/mol. The van der Waals surface area contributed by atoms with Crippen molar-refractivity contribution in [3.63, 3.8) is 0 Å². The first-order valence-corrected chi connectivity index (χ1v) is 16.4. The number of aryl methyl sites for hydroxylation is 1. The molecule has 3 heterocycles. The summed E-state index contributed by atoms with van der Waals surface area (Å²) < 4.78 is 12.5. The van der Waals surface area contributed by atoms with Crippen LogP contribution in [-0.4, -0.2) is 77.3 Å². The summed E-state index contributed by atoms with van der Waals surface area (Å²) in [6.07, 6.45) is 4.56. The van der Waals surface area contributed by atoms with Crippen LogP contribution in [0.25, 0.3) is 0 Å². The number of para-hydroxylation sites is 1. The van der Waals surface area contributed by atoms with Crippen molar-refractivity contribution in [1.29, 1.82) is 0 Å². The van der Waals surface area contributed by atoms with Gasteiger partial charge in [0.15, 0.2) is 0 Å². The fourth-order valence-electron chi connectivity index (χ4n) is 7.87. The Kier molecular flexibility index (Phi) is 9.68. The van der Waals surface area contributed by atoms with Crippen LogP contribution in [0.4, 0.5) is 11.4 Å². The van der Waals surface area contributed by atoms with Gasteiger partial charge in [-0.1, -0.05) is 42.8 Å². The third-order valence-corrected chi connectivity index (χ3v) is 10.2. The van der Waals surface area contributed by atoms with Gasteiger partial charge in [0.25, 0.3) is 5.91 Å². The van der Waals surface area contributed by atoms with Gasteiger partial charge in [-0.2, -0.15) is 0 Å². The number of likely N-dealkylation sites (tertiary alicyclic amines) is 1. The second-order valence-corrected chi connectivity index (χ2v) is 12.9. The number of carbonyl (C=O) groups is 3. The number of ether oxygens (including phenoxy) is 2. The van der Waals surface area contributed by atoms with E-state index in [0.717, 1.165) is 5.56 Å². The summed E-state index contributed by atoms with van der Waals surface area (Å²) in [6, 6.07) is 10.9. The number of anilines is 2. The van der Waals surface area contributed by atoms with Gasteiger partial charge in [-0.05, 0) is 75.9 Å². The predicted octanol–water partition coefficient (Wildman–Crippen LogP) is 5.32. The van der Waals surface area contributed by atoms with Crippen molar-refractivity contribution in [2.24, 2.45) is 11.8 Å². The van der Waals surface area contributed by atoms with Crippen LogP contribution < -0.4 is 14.5 Å². The van der Waals surface area contributed by atoms with Gasteiger partial charge in [0, 0.05) is 18.8 Å². The maximum atomic E-state index is 14.9. The predicted molar refractivity (Wildman–Crippen MR) is 179 cm³/mol. The Balaban J connectivity index is 1.62. The van der Waals surface area contributed by atoms with Crippen molar-refractivity contribution < 1.29 is 29.0 Å². The Hall–Kier alpha value is -3.66. The lowest BCUT2D eigenvalue weighted by Gasteiger charge is -2.39. The zero-order chi connectivity index (χ0) is 33.4. The van der Waals surface area contributed by atoms with Gasteiger partial charge >= 0.3 is 0 Å². The van der Waals surface area contributed by atoms with Crippen LogP contribution in [0.3, 0.4) is 0 Å². The zero-order valence-electron chi connectivity index (χ0n) is 27.1. The first-order valence-electron chi connectivity index (χ1n) is 16.0. The fraction of sp³-hybridized carbons (Fsp3) is 0.472. The summed E-state index contributed by atoms with van der Waals surface area (Å²) in [5, 5.41) is 10.9. The Labute approximate surface area is 276 Å². The molecule has 0 aromatic heterocycles. The molecule has 3 saturated heterocycles. The van der Waals surface area contributed by atoms with E-state index in [0.29, 0.717) is 48.0 Å². The third-order valence-electron chi connectivity index (χ3n) is 9.86. The molecule has 0 saturated carbocycles. The van der Waals surface area contributed by atoms with Crippen molar-refractivity contribution in [3.05, 3.63) is 78.4 Å². The maximum Gasteiger partial charge on any atom is 0.253 e. The van der Waals surface area contributed by atoms with Crippen LogP contribution in [0.15, 0.2) is 67.8 Å². The molecule has 6 atom stereocenters. The minimum Gasteiger partial charge on any atom is -0.494 e. The van der Waals surface area contributed by atoms with Crippen molar-refractivity contribution in [3.8, 4) is 5.75 Å². The van der Waals surface area contributed by atoms with E-state index in [2.05, 4.69) is 13.2 Å². The van der Waals surface area contributed by atoms with E-state index in [1.807, 2.05) is 52.0 Å². The highest BCUT2D eigenvalue weighted by Crippen LogP contribution is 2.64. The highest BCUT2D eigenvalue weighted by molar-refractivity contribution is 6.34. The molecule has 2 aromatic rings. The number of halogens is 1. The highest BCUT2D eigenvalue weighted by atomic mass is 35.5. The molecule has 2 aromatic carbocycles. The minimum absolute atomic E-state index is 0.142. The van der Waals surface area contributed by atoms with Gasteiger partial charge in [-0.25, -0.2) is 0 Å². The van der Waals surface area contributed by atoms with Gasteiger partial charge < -0.3 is 29.3 Å². The summed E-state index contributed by atoms with van der Waals surface area (Å²) in [5.41, 5.74) is -0.320. The van der Waals surface area contributed by atoms with Gasteiger partial charge in [0.1, 0.15) is 17.4 Å². The lowest BCUT2D eigenvalue weighted by molar-refractivity contribution is -0.148. The molecule has 2 bridgehead atoms. The highest BCUT2D eigenvalue weighted by Gasteiger charge is 2.79. The summed E-state index contributed by atoms with van der Waals surface area (Å²) >= 11 is 6.67. The number of carbonyl (C=O) groups excluding carboxylic acids is 3. The minimum atomic E-state index is -1.28. The molecule has 3 fully saturated rings. The standard InChI is InChI=1S/C36H44ClN3O6/c1-7-20-38(25-14-16-26(17-15-25)45-10-4)32(42)28-29-33(43)40(24(9-3)22-41)31(36(29)19-18-35(28,6)46-36)34(44)39(21-8-2)30-23(5)12-11-13-27(30)37/h7-8,11-17,24,28-29,31,41H,1-2,9-10,18-22H2,3-6H3/t24-,28+,29-,31?,35-,36?/m0/s1. The second kappa shape index (κ2) is 13.2. The summed E-state index contributed by atoms with van der Waals surface area (Å²) in [5.74, 6) is -2.14. The smallest absolute Gasteiger partial charge is 0.253 e. The van der Waals surface area contributed by atoms with E-state index in [1.54, 1.807) is 40.2 Å². The summed E-state index contributed by atoms with van der Waals surface area (Å²) in [6.45, 7) is 15.8. The number of nitrogens with zero attached hydrogens (tertiary/aromatic N) is 3. The van der Waals surface area contributed by atoms with E-state index in [-0.39, 0.29) is 37.4 Å². The quantitative estimate of drug-likeness (QED) is 0.295. The zero-order valence-corrected chi connectivity index (χ0v) is 27.8. The molecule has 9 nitrogen and oxygen atoms in total. The fourth-order valence-corrected chi connectivity index (χ4v) is 8.19. The Morgan fingerprint density at radius 1 is 1.11 bits per heavy atom. The number of amides is 3. The normalized spacial score (nSPS) is 26.9. The molecule has 0 radical (unpaired) electrons. The first-order chi connectivity index (χ1) is 22.0. The number of benzene rings is 2. The maximum absolute atomic E-state index is 14.9. The van der Waals surface area contributed by atoms with Gasteiger partial charge in [0.05, 0.1) is 47.4 Å². The molecule has 5 rings (SSSR count). The molecule has 46 heavy (non-hydrogen) atoms. The largest absolute Gasteiger partial charge is 0.494 e. The number of fused-ring (bicyclic) bond motifs is 1. The van der Waals surface area contributed by atoms with Crippen molar-refractivity contribution >= 4 is 40.7 Å². The van der Waals surface area contributed by atoms with E-state index in [9.17, 15) is 19.5 Å². The van der Waals surface area contributed by atoms with Crippen molar-refractivity contribution in [2.45, 2.75) is 70.2 Å². The van der Waals surface area contributed by atoms with Crippen molar-refractivity contribution in [1.82, 2.24) is 4.90 Å². The number of aliphatic hydroxyl groups is 1. The molecular formula is C36H44ClN3O6. The molecule has 3 aliphatic rings. The third kappa shape index (κ3) is 5.32. The number of hydrogen-bond donors (Lipinski definition) is 1. The van der Waals surface area contributed by atoms with E-state index < -0.39 is 35.1 Å². The Morgan fingerprint density at radius 2 is 1.78 bits per heavy atom. The van der Waals surface area contributed by atoms with Crippen LogP contribution in [0, 0.1) is 18.8 Å². The van der Waals surface area contributed by atoms with Crippen LogP contribution >= 0.6 is 11.6 Å². The second-order valence-electron chi connectivity index (χ2n) is 12.5.